The minimum absolute atomic E-state index is 0.00402. The van der Waals surface area contributed by atoms with Gasteiger partial charge in [-0.15, -0.1) is 0 Å². The summed E-state index contributed by atoms with van der Waals surface area (Å²) in [6.45, 7) is 4.94. The highest BCUT2D eigenvalue weighted by atomic mass is 16.5. The Labute approximate surface area is 474 Å². The minimum Gasteiger partial charge on any atom is -0.466 e. The van der Waals surface area contributed by atoms with Gasteiger partial charge in [-0.05, 0) is 83.5 Å². The second-order valence-corrected chi connectivity index (χ2v) is 23.5. The maximum atomic E-state index is 12.5. The molecule has 0 saturated heterocycles. The molecule has 448 valence electrons. The molecular formula is C70H133NO5. The number of nitrogens with one attached hydrogen (secondary N) is 1. The molecule has 3 N–H and O–H groups in total. The summed E-state index contributed by atoms with van der Waals surface area (Å²) in [6, 6.07) is -0.554. The van der Waals surface area contributed by atoms with Crippen LogP contribution in [0.5, 0.6) is 0 Å². The van der Waals surface area contributed by atoms with E-state index in [9.17, 15) is 19.8 Å². The number of aliphatic hydroxyl groups excluding tert-OH is 2. The summed E-state index contributed by atoms with van der Waals surface area (Å²) >= 11 is 0. The lowest BCUT2D eigenvalue weighted by atomic mass is 10.0. The van der Waals surface area contributed by atoms with Crippen molar-refractivity contribution in [3.8, 4) is 0 Å². The predicted octanol–water partition coefficient (Wildman–Crippen LogP) is 21.9. The summed E-state index contributed by atoms with van der Waals surface area (Å²) in [5, 5.41) is 23.4. The highest BCUT2D eigenvalue weighted by Gasteiger charge is 2.20. The Bertz CT molecular complexity index is 1230. The first-order chi connectivity index (χ1) is 37.5. The van der Waals surface area contributed by atoms with Crippen LogP contribution in [0.15, 0.2) is 36.5 Å². The van der Waals surface area contributed by atoms with Crippen molar-refractivity contribution < 1.29 is 24.5 Å². The van der Waals surface area contributed by atoms with Crippen molar-refractivity contribution in [2.24, 2.45) is 0 Å². The first-order valence-electron chi connectivity index (χ1n) is 34.2. The molecule has 2 unspecified atom stereocenters. The number of esters is 1. The Kier molecular flexibility index (Phi) is 63.9. The number of carbonyl (C=O) groups is 2. The number of ether oxygens (including phenoxy) is 1. The maximum absolute atomic E-state index is 12.5. The van der Waals surface area contributed by atoms with E-state index in [1.807, 2.05) is 0 Å². The van der Waals surface area contributed by atoms with Gasteiger partial charge in [-0.1, -0.05) is 314 Å². The molecule has 0 aliphatic rings. The minimum atomic E-state index is -0.675. The third kappa shape index (κ3) is 61.3. The Morgan fingerprint density at radius 1 is 0.368 bits per heavy atom. The van der Waals surface area contributed by atoms with Crippen LogP contribution in [0.2, 0.25) is 0 Å². The molecule has 0 radical (unpaired) electrons. The monoisotopic (exact) mass is 1070 g/mol. The van der Waals surface area contributed by atoms with Gasteiger partial charge in [0.2, 0.25) is 5.91 Å². The highest BCUT2D eigenvalue weighted by molar-refractivity contribution is 5.76. The van der Waals surface area contributed by atoms with E-state index in [4.69, 9.17) is 4.74 Å². The Morgan fingerprint density at radius 2 is 0.658 bits per heavy atom. The van der Waals surface area contributed by atoms with E-state index in [0.29, 0.717) is 25.9 Å². The van der Waals surface area contributed by atoms with Gasteiger partial charge in [0, 0.05) is 12.8 Å². The number of aliphatic hydroxyl groups is 2. The maximum Gasteiger partial charge on any atom is 0.305 e. The van der Waals surface area contributed by atoms with Gasteiger partial charge in [-0.2, -0.15) is 0 Å². The average Bonchev–Trinajstić information content (AvgIpc) is 3.42. The molecule has 1 amide bonds. The lowest BCUT2D eigenvalue weighted by Gasteiger charge is -2.22. The molecule has 76 heavy (non-hydrogen) atoms. The smallest absolute Gasteiger partial charge is 0.305 e. The molecule has 0 bridgehead atoms. The van der Waals surface area contributed by atoms with Crippen LogP contribution in [0, 0.1) is 0 Å². The van der Waals surface area contributed by atoms with E-state index in [2.05, 4.69) is 55.6 Å². The zero-order chi connectivity index (χ0) is 55.0. The van der Waals surface area contributed by atoms with Gasteiger partial charge in [0.1, 0.15) is 0 Å². The number of rotatable bonds is 64. The Hall–Kier alpha value is -1.92. The highest BCUT2D eigenvalue weighted by Crippen LogP contribution is 2.18. The van der Waals surface area contributed by atoms with Crippen LogP contribution in [0.25, 0.3) is 0 Å². The van der Waals surface area contributed by atoms with Gasteiger partial charge in [0.05, 0.1) is 25.4 Å². The number of hydrogen-bond acceptors (Lipinski definition) is 5. The molecule has 0 heterocycles. The summed E-state index contributed by atoms with van der Waals surface area (Å²) in [6.07, 6.45) is 83.1. The van der Waals surface area contributed by atoms with Gasteiger partial charge in [-0.25, -0.2) is 0 Å². The van der Waals surface area contributed by atoms with Crippen LogP contribution in [0.4, 0.5) is 0 Å². The third-order valence-corrected chi connectivity index (χ3v) is 15.9. The molecule has 0 aliphatic carbocycles. The zero-order valence-corrected chi connectivity index (χ0v) is 51.3. The van der Waals surface area contributed by atoms with Crippen LogP contribution in [0.1, 0.15) is 373 Å². The number of hydrogen-bond donors (Lipinski definition) is 3. The zero-order valence-electron chi connectivity index (χ0n) is 51.3. The van der Waals surface area contributed by atoms with E-state index < -0.39 is 12.1 Å². The van der Waals surface area contributed by atoms with Crippen molar-refractivity contribution in [1.82, 2.24) is 5.32 Å². The fraction of sp³-hybridized carbons (Fsp3) is 0.886. The Balaban J connectivity index is 3.44. The largest absolute Gasteiger partial charge is 0.466 e. The fourth-order valence-corrected chi connectivity index (χ4v) is 10.7. The number of carbonyl (C=O) groups excluding carboxylic acids is 2. The van der Waals surface area contributed by atoms with Crippen LogP contribution in [0.3, 0.4) is 0 Å². The Morgan fingerprint density at radius 3 is 1.04 bits per heavy atom. The molecule has 2 atom stereocenters. The number of allylic oxidation sites excluding steroid dienone is 6. The first kappa shape index (κ1) is 74.1. The second kappa shape index (κ2) is 65.6. The van der Waals surface area contributed by atoms with Crippen LogP contribution in [-0.4, -0.2) is 47.4 Å². The lowest BCUT2D eigenvalue weighted by Crippen LogP contribution is -2.45. The summed E-state index contributed by atoms with van der Waals surface area (Å²) in [4.78, 5) is 24.6. The lowest BCUT2D eigenvalue weighted by molar-refractivity contribution is -0.143. The molecule has 0 aromatic heterocycles. The van der Waals surface area contributed by atoms with Crippen LogP contribution in [-0.2, 0) is 14.3 Å². The van der Waals surface area contributed by atoms with Crippen molar-refractivity contribution in [2.75, 3.05) is 13.2 Å². The van der Waals surface area contributed by atoms with Crippen molar-refractivity contribution in [1.29, 1.82) is 0 Å². The molecule has 0 aromatic carbocycles. The summed E-state index contributed by atoms with van der Waals surface area (Å²) in [7, 11) is 0. The van der Waals surface area contributed by atoms with E-state index in [1.54, 1.807) is 0 Å². The van der Waals surface area contributed by atoms with Gasteiger partial charge in [0.15, 0.2) is 0 Å². The van der Waals surface area contributed by atoms with Crippen molar-refractivity contribution in [3.05, 3.63) is 36.5 Å². The standard InChI is InChI=1S/C70H133NO5/c1-3-5-7-9-11-13-15-17-19-21-22-23-24-25-26-27-31-34-38-42-46-50-54-58-62-68(73)67(66-72)71-69(74)63-59-55-51-47-43-39-35-32-28-29-33-37-41-45-49-53-57-61-65-76-70(75)64-60-56-52-48-44-40-36-30-20-18-16-14-12-10-8-6-4-2/h12,14,18,20,32,35,67-68,72-73H,3-11,13,15-17,19,21-31,33-34,36-66H2,1-2H3,(H,71,74)/b14-12-,20-18-,35-32-. The van der Waals surface area contributed by atoms with E-state index in [0.717, 1.165) is 64.2 Å². The first-order valence-corrected chi connectivity index (χ1v) is 34.2. The molecule has 0 aliphatic heterocycles. The molecule has 0 saturated carbocycles. The summed E-state index contributed by atoms with van der Waals surface area (Å²) < 4.78 is 5.49. The molecule has 0 spiro atoms. The van der Waals surface area contributed by atoms with Gasteiger partial charge in [-0.3, -0.25) is 9.59 Å². The van der Waals surface area contributed by atoms with Crippen molar-refractivity contribution in [2.45, 2.75) is 386 Å². The number of unbranched alkanes of at least 4 members (excludes halogenated alkanes) is 47. The molecule has 0 fully saturated rings. The second-order valence-electron chi connectivity index (χ2n) is 23.5. The molecule has 6 nitrogen and oxygen atoms in total. The van der Waals surface area contributed by atoms with Crippen molar-refractivity contribution >= 4 is 11.9 Å². The summed E-state index contributed by atoms with van der Waals surface area (Å²) in [5.74, 6) is -0.0498. The van der Waals surface area contributed by atoms with Gasteiger partial charge in [0.25, 0.3) is 0 Å². The third-order valence-electron chi connectivity index (χ3n) is 15.9. The molecule has 0 rings (SSSR count). The van der Waals surface area contributed by atoms with E-state index in [-0.39, 0.29) is 18.5 Å². The van der Waals surface area contributed by atoms with Crippen LogP contribution < -0.4 is 5.32 Å². The SMILES string of the molecule is CCCCC/C=C\C/C=C\CCCCCCCCCC(=O)OCCCCCCCCCCC/C=C\CCCCCCCC(=O)NC(CO)C(O)CCCCCCCCCCCCCCCCCCCCCCCCCC. The normalized spacial score (nSPS) is 12.7. The average molecular weight is 1070 g/mol. The van der Waals surface area contributed by atoms with E-state index >= 15 is 0 Å². The molecule has 6 heteroatoms. The quantitative estimate of drug-likeness (QED) is 0.0320. The number of amides is 1. The summed E-state index contributed by atoms with van der Waals surface area (Å²) in [5.41, 5.74) is 0. The topological polar surface area (TPSA) is 95.9 Å². The van der Waals surface area contributed by atoms with Crippen LogP contribution >= 0.6 is 0 Å². The fourth-order valence-electron chi connectivity index (χ4n) is 10.7. The predicted molar refractivity (Wildman–Crippen MR) is 333 cm³/mol. The van der Waals surface area contributed by atoms with Gasteiger partial charge < -0.3 is 20.3 Å². The van der Waals surface area contributed by atoms with E-state index in [1.165, 1.54) is 276 Å². The van der Waals surface area contributed by atoms with Gasteiger partial charge >= 0.3 is 5.97 Å². The molecular weight excluding hydrogens is 935 g/mol. The molecule has 0 aromatic rings. The van der Waals surface area contributed by atoms with Crippen molar-refractivity contribution in [3.63, 3.8) is 0 Å².